The summed E-state index contributed by atoms with van der Waals surface area (Å²) < 4.78 is 6.71. The van der Waals surface area contributed by atoms with E-state index in [1.54, 1.807) is 35.7 Å². The normalized spacial score (nSPS) is 10.5. The van der Waals surface area contributed by atoms with Crippen molar-refractivity contribution in [2.75, 3.05) is 0 Å². The van der Waals surface area contributed by atoms with Gasteiger partial charge in [-0.15, -0.1) is 11.3 Å². The van der Waals surface area contributed by atoms with Gasteiger partial charge in [-0.05, 0) is 29.6 Å². The first-order chi connectivity index (χ1) is 9.25. The van der Waals surface area contributed by atoms with Crippen molar-refractivity contribution >= 4 is 27.4 Å². The quantitative estimate of drug-likeness (QED) is 0.787. The number of carboxylic acids is 1. The molecule has 1 aromatic carbocycles. The molecule has 3 aromatic rings. The molecule has 0 unspecified atom stereocenters. The Morgan fingerprint density at radius 3 is 2.89 bits per heavy atom. The van der Waals surface area contributed by atoms with Crippen LogP contribution in [0.2, 0.25) is 0 Å². The van der Waals surface area contributed by atoms with Crippen LogP contribution in [0.5, 0.6) is 11.6 Å². The minimum atomic E-state index is -1.02. The average Bonchev–Trinajstić information content (AvgIpc) is 2.88. The van der Waals surface area contributed by atoms with E-state index >= 15 is 0 Å². The van der Waals surface area contributed by atoms with Crippen LogP contribution in [0, 0.1) is 0 Å². The summed E-state index contributed by atoms with van der Waals surface area (Å²) in [5.41, 5.74) is 0.122. The predicted octanol–water partition coefficient (Wildman–Crippen LogP) is 3.79. The van der Waals surface area contributed by atoms with E-state index in [1.807, 2.05) is 17.5 Å². The minimum absolute atomic E-state index is 0.122. The fourth-order valence-electron chi connectivity index (χ4n) is 1.79. The smallest absolute Gasteiger partial charge is 0.339 e. The number of carbonyl (C=O) groups is 1. The highest BCUT2D eigenvalue weighted by Crippen LogP contribution is 2.32. The Morgan fingerprint density at radius 2 is 2.05 bits per heavy atom. The summed E-state index contributed by atoms with van der Waals surface area (Å²) in [6.45, 7) is 0. The SMILES string of the molecule is O=C(O)c1ccccc1Oc1nccc2sccc12. The summed E-state index contributed by atoms with van der Waals surface area (Å²) in [5, 5.41) is 11.9. The molecule has 94 valence electrons. The van der Waals surface area contributed by atoms with Crippen LogP contribution in [0.3, 0.4) is 0 Å². The number of ether oxygens (including phenoxy) is 1. The van der Waals surface area contributed by atoms with Gasteiger partial charge >= 0.3 is 5.97 Å². The van der Waals surface area contributed by atoms with Crippen molar-refractivity contribution in [3.05, 3.63) is 53.5 Å². The van der Waals surface area contributed by atoms with Crippen molar-refractivity contribution in [1.29, 1.82) is 0 Å². The van der Waals surface area contributed by atoms with Crippen molar-refractivity contribution in [2.24, 2.45) is 0 Å². The number of benzene rings is 1. The van der Waals surface area contributed by atoms with Crippen molar-refractivity contribution in [3.63, 3.8) is 0 Å². The molecule has 0 fully saturated rings. The lowest BCUT2D eigenvalue weighted by Crippen LogP contribution is -2.00. The summed E-state index contributed by atoms with van der Waals surface area (Å²) in [4.78, 5) is 15.3. The van der Waals surface area contributed by atoms with E-state index < -0.39 is 5.97 Å². The van der Waals surface area contributed by atoms with E-state index in [0.717, 1.165) is 10.1 Å². The summed E-state index contributed by atoms with van der Waals surface area (Å²) >= 11 is 1.59. The van der Waals surface area contributed by atoms with Crippen LogP contribution in [0.15, 0.2) is 48.0 Å². The van der Waals surface area contributed by atoms with E-state index in [4.69, 9.17) is 9.84 Å². The van der Waals surface area contributed by atoms with Crippen molar-refractivity contribution < 1.29 is 14.6 Å². The number of fused-ring (bicyclic) bond motifs is 1. The number of pyridine rings is 1. The third kappa shape index (κ3) is 2.15. The number of aromatic nitrogens is 1. The van der Waals surface area contributed by atoms with Gasteiger partial charge in [-0.1, -0.05) is 12.1 Å². The minimum Gasteiger partial charge on any atom is -0.478 e. The number of hydrogen-bond acceptors (Lipinski definition) is 4. The van der Waals surface area contributed by atoms with E-state index in [0.29, 0.717) is 11.6 Å². The second-order valence-corrected chi connectivity index (χ2v) is 4.80. The van der Waals surface area contributed by atoms with Gasteiger partial charge in [0.05, 0.1) is 5.39 Å². The largest absolute Gasteiger partial charge is 0.478 e. The number of nitrogens with zero attached hydrogens (tertiary/aromatic N) is 1. The van der Waals surface area contributed by atoms with Crippen LogP contribution in [0.25, 0.3) is 10.1 Å². The summed E-state index contributed by atoms with van der Waals surface area (Å²) in [6.07, 6.45) is 1.65. The molecule has 5 heteroatoms. The molecule has 0 aliphatic carbocycles. The molecule has 0 spiro atoms. The fourth-order valence-corrected chi connectivity index (χ4v) is 2.56. The van der Waals surface area contributed by atoms with Crippen molar-refractivity contribution in [2.45, 2.75) is 0 Å². The van der Waals surface area contributed by atoms with Gasteiger partial charge in [-0.2, -0.15) is 0 Å². The molecule has 4 nitrogen and oxygen atoms in total. The zero-order chi connectivity index (χ0) is 13.2. The molecule has 0 aliphatic heterocycles. The number of para-hydroxylation sites is 1. The van der Waals surface area contributed by atoms with Gasteiger partial charge in [-0.25, -0.2) is 9.78 Å². The zero-order valence-corrected chi connectivity index (χ0v) is 10.6. The zero-order valence-electron chi connectivity index (χ0n) is 9.74. The number of hydrogen-bond donors (Lipinski definition) is 1. The van der Waals surface area contributed by atoms with Crippen LogP contribution in [-0.4, -0.2) is 16.1 Å². The Hall–Kier alpha value is -2.40. The lowest BCUT2D eigenvalue weighted by Gasteiger charge is -2.08. The molecule has 19 heavy (non-hydrogen) atoms. The van der Waals surface area contributed by atoms with Gasteiger partial charge in [0, 0.05) is 10.9 Å². The maximum atomic E-state index is 11.1. The van der Waals surface area contributed by atoms with Crippen LogP contribution in [0.4, 0.5) is 0 Å². The Balaban J connectivity index is 2.06. The summed E-state index contributed by atoms with van der Waals surface area (Å²) in [5.74, 6) is -0.304. The number of aromatic carboxylic acids is 1. The maximum Gasteiger partial charge on any atom is 0.339 e. The van der Waals surface area contributed by atoms with Gasteiger partial charge in [0.25, 0.3) is 0 Å². The van der Waals surface area contributed by atoms with Crippen LogP contribution < -0.4 is 4.74 Å². The highest BCUT2D eigenvalue weighted by atomic mass is 32.1. The molecule has 0 saturated heterocycles. The molecular weight excluding hydrogens is 262 g/mol. The van der Waals surface area contributed by atoms with Crippen LogP contribution in [-0.2, 0) is 0 Å². The standard InChI is InChI=1S/C14H9NO3S/c16-14(17)9-3-1-2-4-11(9)18-13-10-6-8-19-12(10)5-7-15-13/h1-8H,(H,16,17). The number of carboxylic acid groups (broad SMARTS) is 1. The average molecular weight is 271 g/mol. The molecule has 0 atom stereocenters. The Bertz CT molecular complexity index is 751. The Kier molecular flexibility index (Phi) is 2.89. The molecule has 1 N–H and O–H groups in total. The van der Waals surface area contributed by atoms with Crippen LogP contribution in [0.1, 0.15) is 10.4 Å². The second-order valence-electron chi connectivity index (χ2n) is 3.85. The number of rotatable bonds is 3. The first kappa shape index (κ1) is 11.7. The molecule has 0 saturated carbocycles. The van der Waals surface area contributed by atoms with Crippen LogP contribution >= 0.6 is 11.3 Å². The fraction of sp³-hybridized carbons (Fsp3) is 0. The van der Waals surface area contributed by atoms with Crippen molar-refractivity contribution in [1.82, 2.24) is 4.98 Å². The van der Waals surface area contributed by atoms with Gasteiger partial charge < -0.3 is 9.84 Å². The highest BCUT2D eigenvalue weighted by molar-refractivity contribution is 7.17. The third-order valence-electron chi connectivity index (χ3n) is 2.67. The topological polar surface area (TPSA) is 59.4 Å². The van der Waals surface area contributed by atoms with E-state index in [1.165, 1.54) is 6.07 Å². The molecule has 0 radical (unpaired) electrons. The maximum absolute atomic E-state index is 11.1. The molecule has 2 heterocycles. The van der Waals surface area contributed by atoms with Gasteiger partial charge in [0.2, 0.25) is 5.88 Å². The van der Waals surface area contributed by atoms with E-state index in [2.05, 4.69) is 4.98 Å². The third-order valence-corrected chi connectivity index (χ3v) is 3.55. The van der Waals surface area contributed by atoms with E-state index in [-0.39, 0.29) is 5.56 Å². The Morgan fingerprint density at radius 1 is 1.21 bits per heavy atom. The predicted molar refractivity (Wildman–Crippen MR) is 73.1 cm³/mol. The Labute approximate surface area is 112 Å². The molecular formula is C14H9NO3S. The highest BCUT2D eigenvalue weighted by Gasteiger charge is 2.13. The molecule has 0 amide bonds. The molecule has 0 aliphatic rings. The lowest BCUT2D eigenvalue weighted by atomic mass is 10.2. The summed E-state index contributed by atoms with van der Waals surface area (Å²) in [6, 6.07) is 10.3. The van der Waals surface area contributed by atoms with Crippen molar-refractivity contribution in [3.8, 4) is 11.6 Å². The molecule has 2 aromatic heterocycles. The lowest BCUT2D eigenvalue weighted by molar-refractivity contribution is 0.0694. The molecule has 0 bridgehead atoms. The van der Waals surface area contributed by atoms with Gasteiger partial charge in [0.15, 0.2) is 0 Å². The van der Waals surface area contributed by atoms with Gasteiger partial charge in [-0.3, -0.25) is 0 Å². The second kappa shape index (κ2) is 4.70. The van der Waals surface area contributed by atoms with E-state index in [9.17, 15) is 4.79 Å². The molecule has 3 rings (SSSR count). The van der Waals surface area contributed by atoms with Gasteiger partial charge in [0.1, 0.15) is 11.3 Å². The first-order valence-electron chi connectivity index (χ1n) is 5.58. The monoisotopic (exact) mass is 271 g/mol. The summed E-state index contributed by atoms with van der Waals surface area (Å²) in [7, 11) is 0. The number of thiophene rings is 1. The first-order valence-corrected chi connectivity index (χ1v) is 6.46.